The molecular weight excluding hydrogens is 388 g/mol. The predicted molar refractivity (Wildman–Crippen MR) is 115 cm³/mol. The SMILES string of the molecule is Cc1nc(CSc2ccccc2C(=O)Nc2ccc(-c3ncc[nH]3)cc2)cs1. The van der Waals surface area contributed by atoms with Gasteiger partial charge in [-0.05, 0) is 43.3 Å². The summed E-state index contributed by atoms with van der Waals surface area (Å²) in [7, 11) is 0. The molecule has 2 aromatic heterocycles. The number of carbonyl (C=O) groups is 1. The van der Waals surface area contributed by atoms with Crippen molar-refractivity contribution in [3.05, 3.63) is 82.6 Å². The minimum absolute atomic E-state index is 0.122. The molecule has 0 aliphatic carbocycles. The number of thiazole rings is 1. The predicted octanol–water partition coefficient (Wildman–Crippen LogP) is 5.39. The van der Waals surface area contributed by atoms with Gasteiger partial charge >= 0.3 is 0 Å². The Kier molecular flexibility index (Phi) is 5.55. The highest BCUT2D eigenvalue weighted by Crippen LogP contribution is 2.27. The van der Waals surface area contributed by atoms with E-state index in [4.69, 9.17) is 0 Å². The van der Waals surface area contributed by atoms with Crippen molar-refractivity contribution < 1.29 is 4.79 Å². The Balaban J connectivity index is 1.46. The van der Waals surface area contributed by atoms with Gasteiger partial charge in [-0.25, -0.2) is 9.97 Å². The molecule has 0 fully saturated rings. The molecule has 0 spiro atoms. The summed E-state index contributed by atoms with van der Waals surface area (Å²) in [5.41, 5.74) is 3.42. The van der Waals surface area contributed by atoms with Gasteiger partial charge in [0.2, 0.25) is 0 Å². The van der Waals surface area contributed by atoms with E-state index in [2.05, 4.69) is 25.6 Å². The van der Waals surface area contributed by atoms with Crippen LogP contribution in [-0.4, -0.2) is 20.9 Å². The number of benzene rings is 2. The molecule has 2 aromatic carbocycles. The Bertz CT molecular complexity index is 1070. The van der Waals surface area contributed by atoms with Crippen molar-refractivity contribution in [2.24, 2.45) is 0 Å². The number of hydrogen-bond donors (Lipinski definition) is 2. The Morgan fingerprint density at radius 3 is 2.71 bits per heavy atom. The highest BCUT2D eigenvalue weighted by atomic mass is 32.2. The van der Waals surface area contributed by atoms with E-state index >= 15 is 0 Å². The number of amides is 1. The first-order valence-electron chi connectivity index (χ1n) is 8.73. The third-order valence-corrected chi connectivity index (χ3v) is 6.02. The van der Waals surface area contributed by atoms with Crippen LogP contribution in [-0.2, 0) is 5.75 Å². The van der Waals surface area contributed by atoms with Crippen LogP contribution in [0.3, 0.4) is 0 Å². The Labute approximate surface area is 171 Å². The Hall–Kier alpha value is -2.90. The smallest absolute Gasteiger partial charge is 0.256 e. The number of rotatable bonds is 6. The highest BCUT2D eigenvalue weighted by Gasteiger charge is 2.12. The molecule has 0 saturated carbocycles. The van der Waals surface area contributed by atoms with E-state index in [0.717, 1.165) is 38.4 Å². The van der Waals surface area contributed by atoms with Crippen molar-refractivity contribution in [2.75, 3.05) is 5.32 Å². The second kappa shape index (κ2) is 8.41. The first kappa shape index (κ1) is 18.5. The number of thioether (sulfide) groups is 1. The third kappa shape index (κ3) is 4.32. The fraction of sp³-hybridized carbons (Fsp3) is 0.0952. The first-order chi connectivity index (χ1) is 13.7. The molecule has 0 aliphatic heterocycles. The lowest BCUT2D eigenvalue weighted by Gasteiger charge is -2.10. The van der Waals surface area contributed by atoms with Gasteiger partial charge < -0.3 is 10.3 Å². The molecule has 0 atom stereocenters. The van der Waals surface area contributed by atoms with Crippen LogP contribution in [0.5, 0.6) is 0 Å². The van der Waals surface area contributed by atoms with Crippen LogP contribution < -0.4 is 5.32 Å². The summed E-state index contributed by atoms with van der Waals surface area (Å²) in [4.78, 5) is 25.5. The third-order valence-electron chi connectivity index (χ3n) is 4.09. The van der Waals surface area contributed by atoms with Crippen molar-refractivity contribution in [3.8, 4) is 11.4 Å². The number of carbonyl (C=O) groups excluding carboxylic acids is 1. The molecule has 0 bridgehead atoms. The summed E-state index contributed by atoms with van der Waals surface area (Å²) >= 11 is 3.27. The second-order valence-electron chi connectivity index (χ2n) is 6.11. The van der Waals surface area contributed by atoms with E-state index in [1.165, 1.54) is 0 Å². The number of H-pyrrole nitrogens is 1. The second-order valence-corrected chi connectivity index (χ2v) is 8.19. The minimum Gasteiger partial charge on any atom is -0.345 e. The molecule has 4 rings (SSSR count). The molecule has 2 heterocycles. The standard InChI is InChI=1S/C21H18N4OS2/c1-14-24-17(12-27-14)13-28-19-5-3-2-4-18(19)21(26)25-16-8-6-15(7-9-16)20-22-10-11-23-20/h2-12H,13H2,1H3,(H,22,23)(H,25,26). The zero-order valence-corrected chi connectivity index (χ0v) is 16.8. The average molecular weight is 407 g/mol. The van der Waals surface area contributed by atoms with Gasteiger partial charge in [-0.3, -0.25) is 4.79 Å². The molecule has 28 heavy (non-hydrogen) atoms. The fourth-order valence-electron chi connectivity index (χ4n) is 2.74. The van der Waals surface area contributed by atoms with E-state index in [0.29, 0.717) is 5.56 Å². The summed E-state index contributed by atoms with van der Waals surface area (Å²) in [5, 5.41) is 6.09. The Morgan fingerprint density at radius 1 is 1.18 bits per heavy atom. The van der Waals surface area contributed by atoms with Crippen molar-refractivity contribution >= 4 is 34.7 Å². The normalized spacial score (nSPS) is 10.8. The zero-order valence-electron chi connectivity index (χ0n) is 15.2. The van der Waals surface area contributed by atoms with Crippen LogP contribution in [0.2, 0.25) is 0 Å². The van der Waals surface area contributed by atoms with Gasteiger partial charge in [0.25, 0.3) is 5.91 Å². The number of imidazole rings is 1. The zero-order chi connectivity index (χ0) is 19.3. The van der Waals surface area contributed by atoms with Gasteiger partial charge in [0, 0.05) is 39.7 Å². The van der Waals surface area contributed by atoms with Gasteiger partial charge in [0.15, 0.2) is 0 Å². The van der Waals surface area contributed by atoms with Crippen molar-refractivity contribution in [1.29, 1.82) is 0 Å². The number of anilines is 1. The van der Waals surface area contributed by atoms with Gasteiger partial charge in [0.05, 0.1) is 16.3 Å². The van der Waals surface area contributed by atoms with Crippen LogP contribution >= 0.6 is 23.1 Å². The van der Waals surface area contributed by atoms with Crippen molar-refractivity contribution in [3.63, 3.8) is 0 Å². The quantitative estimate of drug-likeness (QED) is 0.421. The van der Waals surface area contributed by atoms with Crippen molar-refractivity contribution in [1.82, 2.24) is 15.0 Å². The maximum Gasteiger partial charge on any atom is 0.256 e. The van der Waals surface area contributed by atoms with Gasteiger partial charge in [-0.2, -0.15) is 0 Å². The molecule has 0 unspecified atom stereocenters. The van der Waals surface area contributed by atoms with E-state index in [9.17, 15) is 4.79 Å². The number of nitrogens with one attached hydrogen (secondary N) is 2. The summed E-state index contributed by atoms with van der Waals surface area (Å²) in [6.45, 7) is 2.00. The number of hydrogen-bond acceptors (Lipinski definition) is 5. The molecule has 2 N–H and O–H groups in total. The summed E-state index contributed by atoms with van der Waals surface area (Å²) in [6.07, 6.45) is 3.50. The average Bonchev–Trinajstić information content (AvgIpc) is 3.39. The van der Waals surface area contributed by atoms with Gasteiger partial charge in [0.1, 0.15) is 5.82 Å². The molecule has 7 heteroatoms. The van der Waals surface area contributed by atoms with Crippen LogP contribution in [0.1, 0.15) is 21.1 Å². The molecule has 140 valence electrons. The highest BCUT2D eigenvalue weighted by molar-refractivity contribution is 7.98. The number of nitrogens with zero attached hydrogens (tertiary/aromatic N) is 2. The fourth-order valence-corrected chi connectivity index (χ4v) is 4.40. The van der Waals surface area contributed by atoms with Gasteiger partial charge in [-0.15, -0.1) is 23.1 Å². The summed E-state index contributed by atoms with van der Waals surface area (Å²) in [6, 6.07) is 15.3. The van der Waals surface area contributed by atoms with Crippen LogP contribution in [0.25, 0.3) is 11.4 Å². The lowest BCUT2D eigenvalue weighted by Crippen LogP contribution is -2.12. The molecule has 0 radical (unpaired) electrons. The monoisotopic (exact) mass is 406 g/mol. The molecule has 1 amide bonds. The minimum atomic E-state index is -0.122. The van der Waals surface area contributed by atoms with E-state index in [1.807, 2.05) is 55.5 Å². The number of aromatic amines is 1. The maximum atomic E-state index is 12.8. The first-order valence-corrected chi connectivity index (χ1v) is 10.6. The molecule has 0 saturated heterocycles. The van der Waals surface area contributed by atoms with Crippen LogP contribution in [0.15, 0.2) is 71.2 Å². The van der Waals surface area contributed by atoms with Gasteiger partial charge in [-0.1, -0.05) is 12.1 Å². The van der Waals surface area contributed by atoms with Crippen LogP contribution in [0, 0.1) is 6.92 Å². The topological polar surface area (TPSA) is 70.7 Å². The Morgan fingerprint density at radius 2 is 2.00 bits per heavy atom. The van der Waals surface area contributed by atoms with Crippen molar-refractivity contribution in [2.45, 2.75) is 17.6 Å². The lowest BCUT2D eigenvalue weighted by atomic mass is 10.1. The molecule has 5 nitrogen and oxygen atoms in total. The molecular formula is C21H18N4OS2. The summed E-state index contributed by atoms with van der Waals surface area (Å²) in [5.74, 6) is 1.42. The van der Waals surface area contributed by atoms with E-state index in [1.54, 1.807) is 35.5 Å². The largest absolute Gasteiger partial charge is 0.345 e. The maximum absolute atomic E-state index is 12.8. The lowest BCUT2D eigenvalue weighted by molar-refractivity contribution is 0.102. The van der Waals surface area contributed by atoms with Crippen LogP contribution in [0.4, 0.5) is 5.69 Å². The number of aromatic nitrogens is 3. The molecule has 0 aliphatic rings. The van der Waals surface area contributed by atoms with E-state index in [-0.39, 0.29) is 5.91 Å². The molecule has 4 aromatic rings. The number of aryl methyl sites for hydroxylation is 1. The summed E-state index contributed by atoms with van der Waals surface area (Å²) < 4.78 is 0. The van der Waals surface area contributed by atoms with E-state index < -0.39 is 0 Å².